The van der Waals surface area contributed by atoms with Gasteiger partial charge in [-0.3, -0.25) is 14.7 Å². The number of aromatic nitrogens is 3. The van der Waals surface area contributed by atoms with Gasteiger partial charge < -0.3 is 10.3 Å². The maximum absolute atomic E-state index is 12.8. The van der Waals surface area contributed by atoms with Gasteiger partial charge in [-0.1, -0.05) is 12.1 Å². The van der Waals surface area contributed by atoms with Crippen molar-refractivity contribution in [3.05, 3.63) is 70.4 Å². The molecule has 32 heavy (non-hydrogen) atoms. The summed E-state index contributed by atoms with van der Waals surface area (Å²) in [5.74, 6) is -0.161. The SMILES string of the molecule is O=C1CC[C@H](CC(c2ccc(S(=O)(=O)C3CC3)cc2)c2ccc(-c3cn[nH]c3)c(=O)[nH]2)N1. The second kappa shape index (κ2) is 8.05. The van der Waals surface area contributed by atoms with Gasteiger partial charge in [-0.05, 0) is 55.5 Å². The first-order valence-corrected chi connectivity index (χ1v) is 12.3. The van der Waals surface area contributed by atoms with E-state index in [1.54, 1.807) is 30.6 Å². The van der Waals surface area contributed by atoms with E-state index in [1.165, 1.54) is 0 Å². The molecule has 2 atom stereocenters. The molecule has 2 aromatic heterocycles. The number of hydrogen-bond acceptors (Lipinski definition) is 5. The molecule has 1 aromatic carbocycles. The van der Waals surface area contributed by atoms with Crippen LogP contribution in [-0.2, 0) is 14.6 Å². The molecule has 1 saturated heterocycles. The van der Waals surface area contributed by atoms with Crippen molar-refractivity contribution in [1.29, 1.82) is 0 Å². The van der Waals surface area contributed by atoms with Crippen LogP contribution in [0.1, 0.15) is 49.3 Å². The Morgan fingerprint density at radius 1 is 1.03 bits per heavy atom. The van der Waals surface area contributed by atoms with Crippen LogP contribution >= 0.6 is 0 Å². The Hall–Kier alpha value is -3.20. The van der Waals surface area contributed by atoms with Gasteiger partial charge in [0.15, 0.2) is 9.84 Å². The molecule has 8 nitrogen and oxygen atoms in total. The molecule has 3 N–H and O–H groups in total. The van der Waals surface area contributed by atoms with Crippen LogP contribution in [0.4, 0.5) is 0 Å². The summed E-state index contributed by atoms with van der Waals surface area (Å²) in [5.41, 5.74) is 2.61. The first-order chi connectivity index (χ1) is 15.4. The van der Waals surface area contributed by atoms with Crippen LogP contribution in [0.2, 0.25) is 0 Å². The van der Waals surface area contributed by atoms with Crippen LogP contribution in [-0.4, -0.2) is 40.8 Å². The number of hydrogen-bond donors (Lipinski definition) is 3. The van der Waals surface area contributed by atoms with Crippen molar-refractivity contribution in [3.63, 3.8) is 0 Å². The summed E-state index contributed by atoms with van der Waals surface area (Å²) in [7, 11) is -3.26. The van der Waals surface area contributed by atoms with Gasteiger partial charge >= 0.3 is 0 Å². The Balaban J connectivity index is 1.49. The Morgan fingerprint density at radius 2 is 1.81 bits per heavy atom. The minimum Gasteiger partial charge on any atom is -0.353 e. The van der Waals surface area contributed by atoms with Crippen LogP contribution in [0.3, 0.4) is 0 Å². The molecule has 9 heteroatoms. The van der Waals surface area contributed by atoms with E-state index >= 15 is 0 Å². The summed E-state index contributed by atoms with van der Waals surface area (Å²) in [4.78, 5) is 27.8. The number of aromatic amines is 2. The summed E-state index contributed by atoms with van der Waals surface area (Å²) in [5, 5.41) is 9.34. The minimum atomic E-state index is -3.26. The fourth-order valence-electron chi connectivity index (χ4n) is 4.36. The third-order valence-corrected chi connectivity index (χ3v) is 8.57. The lowest BCUT2D eigenvalue weighted by Gasteiger charge is -2.22. The highest BCUT2D eigenvalue weighted by Gasteiger charge is 2.37. The first kappa shape index (κ1) is 20.7. The van der Waals surface area contributed by atoms with Crippen molar-refractivity contribution in [3.8, 4) is 11.1 Å². The molecular weight excluding hydrogens is 428 g/mol. The largest absolute Gasteiger partial charge is 0.353 e. The predicted octanol–water partition coefficient (Wildman–Crippen LogP) is 2.50. The molecule has 1 aliphatic carbocycles. The quantitative estimate of drug-likeness (QED) is 0.508. The van der Waals surface area contributed by atoms with Gasteiger partial charge in [-0.15, -0.1) is 0 Å². The third-order valence-electron chi connectivity index (χ3n) is 6.30. The fourth-order valence-corrected chi connectivity index (χ4v) is 6.02. The van der Waals surface area contributed by atoms with Crippen molar-refractivity contribution in [2.24, 2.45) is 0 Å². The topological polar surface area (TPSA) is 125 Å². The first-order valence-electron chi connectivity index (χ1n) is 10.8. The van der Waals surface area contributed by atoms with Crippen LogP contribution in [0.5, 0.6) is 0 Å². The molecule has 166 valence electrons. The number of nitrogens with zero attached hydrogens (tertiary/aromatic N) is 1. The Morgan fingerprint density at radius 3 is 2.41 bits per heavy atom. The lowest BCUT2D eigenvalue weighted by atomic mass is 9.88. The number of nitrogens with one attached hydrogen (secondary N) is 3. The molecule has 2 aliphatic rings. The Bertz CT molecular complexity index is 1290. The van der Waals surface area contributed by atoms with E-state index < -0.39 is 9.84 Å². The normalized spacial score (nSPS) is 19.6. The van der Waals surface area contributed by atoms with E-state index in [4.69, 9.17) is 0 Å². The molecule has 1 aliphatic heterocycles. The molecule has 0 bridgehead atoms. The van der Waals surface area contributed by atoms with Crippen molar-refractivity contribution in [2.45, 2.75) is 54.2 Å². The van der Waals surface area contributed by atoms with Crippen LogP contribution in [0, 0.1) is 0 Å². The summed E-state index contributed by atoms with van der Waals surface area (Å²) in [6, 6.07) is 10.6. The molecule has 3 heterocycles. The summed E-state index contributed by atoms with van der Waals surface area (Å²) in [6.45, 7) is 0. The zero-order valence-corrected chi connectivity index (χ0v) is 18.2. The molecule has 1 amide bonds. The number of sulfone groups is 1. The van der Waals surface area contributed by atoms with Crippen molar-refractivity contribution in [1.82, 2.24) is 20.5 Å². The van der Waals surface area contributed by atoms with Gasteiger partial charge in [0.05, 0.1) is 21.9 Å². The highest BCUT2D eigenvalue weighted by Crippen LogP contribution is 2.35. The predicted molar refractivity (Wildman–Crippen MR) is 119 cm³/mol. The number of carbonyl (C=O) groups excluding carboxylic acids is 1. The zero-order chi connectivity index (χ0) is 22.3. The van der Waals surface area contributed by atoms with Gasteiger partial charge in [-0.25, -0.2) is 8.42 Å². The molecule has 0 radical (unpaired) electrons. The van der Waals surface area contributed by atoms with Crippen molar-refractivity contribution in [2.75, 3.05) is 0 Å². The molecule has 1 saturated carbocycles. The van der Waals surface area contributed by atoms with Crippen LogP contribution < -0.4 is 10.9 Å². The van der Waals surface area contributed by atoms with E-state index in [9.17, 15) is 18.0 Å². The molecular formula is C23H24N4O4S. The van der Waals surface area contributed by atoms with Gasteiger partial charge in [0.25, 0.3) is 5.56 Å². The lowest BCUT2D eigenvalue weighted by molar-refractivity contribution is -0.119. The number of carbonyl (C=O) groups is 1. The molecule has 1 unspecified atom stereocenters. The number of benzene rings is 1. The van der Waals surface area contributed by atoms with E-state index in [2.05, 4.69) is 20.5 Å². The minimum absolute atomic E-state index is 0.000532. The Kier molecular flexibility index (Phi) is 5.21. The highest BCUT2D eigenvalue weighted by atomic mass is 32.2. The molecule has 5 rings (SSSR count). The maximum atomic E-state index is 12.8. The number of amides is 1. The van der Waals surface area contributed by atoms with Crippen LogP contribution in [0.25, 0.3) is 11.1 Å². The van der Waals surface area contributed by atoms with Crippen LogP contribution in [0.15, 0.2) is 58.5 Å². The average molecular weight is 453 g/mol. The van der Waals surface area contributed by atoms with Gasteiger partial charge in [0, 0.05) is 35.8 Å². The Labute approximate surface area is 185 Å². The number of rotatable bonds is 7. The standard InChI is InChI=1S/C23H24N4O4S/c28-22-10-3-16(26-22)11-20(14-1-4-17(5-2-14)32(30,31)18-6-7-18)21-9-8-19(23(29)27-21)15-12-24-25-13-15/h1-2,4-5,8-9,12-13,16,18,20H,3,6-7,10-11H2,(H,24,25)(H,26,28)(H,27,29)/t16-,20?/m1/s1. The fraction of sp³-hybridized carbons (Fsp3) is 0.348. The molecule has 3 aromatic rings. The van der Waals surface area contributed by atoms with E-state index in [0.717, 1.165) is 30.5 Å². The van der Waals surface area contributed by atoms with E-state index in [0.29, 0.717) is 28.9 Å². The van der Waals surface area contributed by atoms with Gasteiger partial charge in [0.1, 0.15) is 0 Å². The van der Waals surface area contributed by atoms with E-state index in [-0.39, 0.29) is 28.7 Å². The van der Waals surface area contributed by atoms with Crippen molar-refractivity contribution >= 4 is 15.7 Å². The molecule has 2 fully saturated rings. The monoisotopic (exact) mass is 452 g/mol. The second-order valence-electron chi connectivity index (χ2n) is 8.55. The maximum Gasteiger partial charge on any atom is 0.256 e. The lowest BCUT2D eigenvalue weighted by Crippen LogP contribution is -2.28. The van der Waals surface area contributed by atoms with Crippen molar-refractivity contribution < 1.29 is 13.2 Å². The average Bonchev–Trinajstić information content (AvgIpc) is 3.37. The highest BCUT2D eigenvalue weighted by molar-refractivity contribution is 7.92. The summed E-state index contributed by atoms with van der Waals surface area (Å²) in [6.07, 6.45) is 6.54. The van der Waals surface area contributed by atoms with Gasteiger partial charge in [-0.2, -0.15) is 5.10 Å². The van der Waals surface area contributed by atoms with Gasteiger partial charge in [0.2, 0.25) is 5.91 Å². The second-order valence-corrected chi connectivity index (χ2v) is 10.8. The number of pyridine rings is 1. The summed E-state index contributed by atoms with van der Waals surface area (Å²) < 4.78 is 25.1. The zero-order valence-electron chi connectivity index (χ0n) is 17.4. The van der Waals surface area contributed by atoms with E-state index in [1.807, 2.05) is 18.2 Å². The third kappa shape index (κ3) is 4.00. The number of H-pyrrole nitrogens is 2. The molecule has 0 spiro atoms. The smallest absolute Gasteiger partial charge is 0.256 e. The summed E-state index contributed by atoms with van der Waals surface area (Å²) >= 11 is 0.